The maximum atomic E-state index is 5.43. The summed E-state index contributed by atoms with van der Waals surface area (Å²) in [5.41, 5.74) is 7.38. The molecule has 0 fully saturated rings. The van der Waals surface area contributed by atoms with Crippen molar-refractivity contribution in [2.24, 2.45) is 0 Å². The van der Waals surface area contributed by atoms with Gasteiger partial charge in [0.1, 0.15) is 5.82 Å². The third-order valence-electron chi connectivity index (χ3n) is 1.41. The van der Waals surface area contributed by atoms with Gasteiger partial charge < -0.3 is 5.73 Å². The average Bonchev–Trinajstić information content (AvgIpc) is 1.94. The molecule has 1 aromatic heterocycles. The van der Waals surface area contributed by atoms with Crippen LogP contribution in [0.3, 0.4) is 0 Å². The van der Waals surface area contributed by atoms with Gasteiger partial charge in [-0.25, -0.2) is 4.98 Å². The van der Waals surface area contributed by atoms with Crippen LogP contribution in [0.4, 0.5) is 5.82 Å². The fourth-order valence-electron chi connectivity index (χ4n) is 0.838. The van der Waals surface area contributed by atoms with E-state index in [0.29, 0.717) is 5.82 Å². The van der Waals surface area contributed by atoms with Gasteiger partial charge in [-0.2, -0.15) is 0 Å². The first-order chi connectivity index (χ1) is 4.74. The Kier molecular flexibility index (Phi) is 1.85. The summed E-state index contributed by atoms with van der Waals surface area (Å²) in [7, 11) is 0. The van der Waals surface area contributed by atoms with E-state index in [1.54, 1.807) is 6.20 Å². The monoisotopic (exact) mass is 137 g/mol. The van der Waals surface area contributed by atoms with Crippen molar-refractivity contribution in [3.63, 3.8) is 0 Å². The second kappa shape index (κ2) is 2.64. The third kappa shape index (κ3) is 1.23. The predicted octanol–water partition coefficient (Wildman–Crippen LogP) is 0.930. The smallest absolute Gasteiger partial charge is 0.142 e. The lowest BCUT2D eigenvalue weighted by Crippen LogP contribution is -1.99. The van der Waals surface area contributed by atoms with Crippen molar-refractivity contribution in [1.29, 1.82) is 0 Å². The van der Waals surface area contributed by atoms with Gasteiger partial charge in [0.05, 0.1) is 17.6 Å². The van der Waals surface area contributed by atoms with Crippen LogP contribution < -0.4 is 5.73 Å². The van der Waals surface area contributed by atoms with Crippen molar-refractivity contribution in [3.05, 3.63) is 17.6 Å². The van der Waals surface area contributed by atoms with E-state index in [0.717, 1.165) is 17.8 Å². The lowest BCUT2D eigenvalue weighted by molar-refractivity contribution is 0.964. The minimum absolute atomic E-state index is 0.502. The van der Waals surface area contributed by atoms with Gasteiger partial charge in [0.2, 0.25) is 0 Å². The van der Waals surface area contributed by atoms with Crippen LogP contribution in [0.15, 0.2) is 6.20 Å². The Morgan fingerprint density at radius 3 is 2.80 bits per heavy atom. The van der Waals surface area contributed by atoms with Gasteiger partial charge in [-0.1, -0.05) is 6.92 Å². The van der Waals surface area contributed by atoms with E-state index in [9.17, 15) is 0 Å². The molecule has 0 atom stereocenters. The van der Waals surface area contributed by atoms with Crippen LogP contribution in [0.5, 0.6) is 0 Å². The van der Waals surface area contributed by atoms with Crippen LogP contribution in [0, 0.1) is 6.92 Å². The number of rotatable bonds is 1. The van der Waals surface area contributed by atoms with Crippen LogP contribution in [0.25, 0.3) is 0 Å². The molecule has 2 N–H and O–H groups in total. The Balaban J connectivity index is 3.09. The molecule has 0 amide bonds. The number of hydrogen-bond acceptors (Lipinski definition) is 3. The summed E-state index contributed by atoms with van der Waals surface area (Å²) in [6, 6.07) is 0. The first-order valence-electron chi connectivity index (χ1n) is 3.32. The van der Waals surface area contributed by atoms with Gasteiger partial charge in [-0.3, -0.25) is 4.98 Å². The minimum atomic E-state index is 0.502. The van der Waals surface area contributed by atoms with Crippen molar-refractivity contribution in [2.45, 2.75) is 20.3 Å². The Labute approximate surface area is 60.3 Å². The maximum absolute atomic E-state index is 5.43. The van der Waals surface area contributed by atoms with Crippen molar-refractivity contribution >= 4 is 5.82 Å². The molecule has 0 radical (unpaired) electrons. The molecule has 54 valence electrons. The Morgan fingerprint density at radius 1 is 1.60 bits per heavy atom. The Hall–Kier alpha value is -1.12. The molecule has 0 aliphatic heterocycles. The largest absolute Gasteiger partial charge is 0.382 e. The van der Waals surface area contributed by atoms with Gasteiger partial charge >= 0.3 is 0 Å². The Morgan fingerprint density at radius 2 is 2.30 bits per heavy atom. The molecule has 0 spiro atoms. The lowest BCUT2D eigenvalue weighted by Gasteiger charge is -1.99. The third-order valence-corrected chi connectivity index (χ3v) is 1.41. The molecule has 10 heavy (non-hydrogen) atoms. The number of hydrogen-bond donors (Lipinski definition) is 1. The summed E-state index contributed by atoms with van der Waals surface area (Å²) in [5, 5.41) is 0. The van der Waals surface area contributed by atoms with Crippen LogP contribution in [0.1, 0.15) is 18.3 Å². The number of aryl methyl sites for hydroxylation is 2. The van der Waals surface area contributed by atoms with Crippen molar-refractivity contribution in [2.75, 3.05) is 5.73 Å². The van der Waals surface area contributed by atoms with E-state index in [1.807, 2.05) is 13.8 Å². The zero-order valence-corrected chi connectivity index (χ0v) is 6.26. The summed E-state index contributed by atoms with van der Waals surface area (Å²) in [4.78, 5) is 8.17. The first kappa shape index (κ1) is 6.99. The van der Waals surface area contributed by atoms with Crippen LogP contribution >= 0.6 is 0 Å². The standard InChI is InChI=1S/C7H11N3/c1-3-6-5(2)9-4-7(8)10-6/h4H,3H2,1-2H3,(H2,8,10). The van der Waals surface area contributed by atoms with E-state index in [1.165, 1.54) is 0 Å². The zero-order valence-electron chi connectivity index (χ0n) is 6.26. The number of nitrogens with zero attached hydrogens (tertiary/aromatic N) is 2. The summed E-state index contributed by atoms with van der Waals surface area (Å²) >= 11 is 0. The van der Waals surface area contributed by atoms with Crippen molar-refractivity contribution < 1.29 is 0 Å². The zero-order chi connectivity index (χ0) is 7.56. The highest BCUT2D eigenvalue weighted by atomic mass is 14.9. The lowest BCUT2D eigenvalue weighted by atomic mass is 10.3. The van der Waals surface area contributed by atoms with Crippen LogP contribution in [-0.2, 0) is 6.42 Å². The second-order valence-electron chi connectivity index (χ2n) is 2.18. The van der Waals surface area contributed by atoms with E-state index in [4.69, 9.17) is 5.73 Å². The summed E-state index contributed by atoms with van der Waals surface area (Å²) < 4.78 is 0. The van der Waals surface area contributed by atoms with Gasteiger partial charge in [-0.15, -0.1) is 0 Å². The molecule has 0 aromatic carbocycles. The summed E-state index contributed by atoms with van der Waals surface area (Å²) in [6.07, 6.45) is 2.47. The quantitative estimate of drug-likeness (QED) is 0.626. The van der Waals surface area contributed by atoms with E-state index in [2.05, 4.69) is 9.97 Å². The molecule has 1 rings (SSSR count). The van der Waals surface area contributed by atoms with Gasteiger partial charge in [0.25, 0.3) is 0 Å². The molecular formula is C7H11N3. The molecule has 0 saturated carbocycles. The maximum Gasteiger partial charge on any atom is 0.142 e. The molecule has 3 heteroatoms. The molecule has 0 unspecified atom stereocenters. The second-order valence-corrected chi connectivity index (χ2v) is 2.18. The number of aromatic nitrogens is 2. The highest BCUT2D eigenvalue weighted by Gasteiger charge is 1.97. The number of nitrogens with two attached hydrogens (primary N) is 1. The van der Waals surface area contributed by atoms with Gasteiger partial charge in [0.15, 0.2) is 0 Å². The van der Waals surface area contributed by atoms with Crippen LogP contribution in [-0.4, -0.2) is 9.97 Å². The summed E-state index contributed by atoms with van der Waals surface area (Å²) in [6.45, 7) is 3.97. The van der Waals surface area contributed by atoms with Gasteiger partial charge in [0, 0.05) is 0 Å². The average molecular weight is 137 g/mol. The van der Waals surface area contributed by atoms with E-state index in [-0.39, 0.29) is 0 Å². The molecule has 0 bridgehead atoms. The molecule has 3 nitrogen and oxygen atoms in total. The normalized spacial score (nSPS) is 9.80. The minimum Gasteiger partial charge on any atom is -0.382 e. The van der Waals surface area contributed by atoms with Crippen molar-refractivity contribution in [1.82, 2.24) is 9.97 Å². The molecule has 1 aromatic rings. The fourth-order valence-corrected chi connectivity index (χ4v) is 0.838. The summed E-state index contributed by atoms with van der Waals surface area (Å²) in [5.74, 6) is 0.502. The van der Waals surface area contributed by atoms with Crippen LogP contribution in [0.2, 0.25) is 0 Å². The molecular weight excluding hydrogens is 126 g/mol. The number of anilines is 1. The fraction of sp³-hybridized carbons (Fsp3) is 0.429. The first-order valence-corrected chi connectivity index (χ1v) is 3.32. The molecule has 0 aliphatic rings. The van der Waals surface area contributed by atoms with Crippen molar-refractivity contribution in [3.8, 4) is 0 Å². The SMILES string of the molecule is CCc1nc(N)cnc1C. The highest BCUT2D eigenvalue weighted by molar-refractivity contribution is 5.26. The van der Waals surface area contributed by atoms with E-state index < -0.39 is 0 Å². The van der Waals surface area contributed by atoms with Gasteiger partial charge in [-0.05, 0) is 13.3 Å². The molecule has 0 saturated heterocycles. The predicted molar refractivity (Wildman–Crippen MR) is 40.6 cm³/mol. The topological polar surface area (TPSA) is 51.8 Å². The number of nitrogen functional groups attached to an aromatic ring is 1. The molecule has 1 heterocycles. The Bertz CT molecular complexity index is 232. The highest BCUT2D eigenvalue weighted by Crippen LogP contribution is 2.03. The molecule has 0 aliphatic carbocycles. The van der Waals surface area contributed by atoms with E-state index >= 15 is 0 Å².